The number of anilines is 1. The Bertz CT molecular complexity index is 1090. The number of nitrogens with one attached hydrogen (secondary N) is 2. The van der Waals surface area contributed by atoms with Crippen molar-refractivity contribution in [2.45, 2.75) is 18.1 Å². The summed E-state index contributed by atoms with van der Waals surface area (Å²) in [6, 6.07) is 21.6. The molecule has 3 aromatic rings. The number of carbonyl (C=O) groups excluding carboxylic acids is 1. The summed E-state index contributed by atoms with van der Waals surface area (Å²) in [7, 11) is 1.62. The molecule has 6 nitrogen and oxygen atoms in total. The number of hydrogen-bond acceptors (Lipinski definition) is 5. The van der Waals surface area contributed by atoms with Crippen LogP contribution < -0.4 is 20.5 Å². The molecule has 3 N–H and O–H groups in total. The van der Waals surface area contributed by atoms with Gasteiger partial charge in [-0.3, -0.25) is 4.79 Å². The summed E-state index contributed by atoms with van der Waals surface area (Å²) >= 11 is 6.09. The van der Waals surface area contributed by atoms with Gasteiger partial charge in [-0.05, 0) is 59.7 Å². The molecule has 7 heteroatoms. The Morgan fingerprint density at radius 2 is 1.48 bits per heavy atom. The number of hydrogen-bond donors (Lipinski definition) is 3. The normalized spacial score (nSPS) is 25.0. The number of hydrazine groups is 1. The molecular formula is C24H22ClN3O3. The van der Waals surface area contributed by atoms with Crippen LogP contribution in [0.3, 0.4) is 0 Å². The summed E-state index contributed by atoms with van der Waals surface area (Å²) in [6.45, 7) is 0. The molecule has 2 heterocycles. The fourth-order valence-electron chi connectivity index (χ4n) is 4.66. The first kappa shape index (κ1) is 19.9. The van der Waals surface area contributed by atoms with Gasteiger partial charge in [0.2, 0.25) is 5.91 Å². The number of phenolic OH excluding ortho intramolecular Hbond substituents is 1. The van der Waals surface area contributed by atoms with Crippen LogP contribution >= 0.6 is 11.6 Å². The summed E-state index contributed by atoms with van der Waals surface area (Å²) in [5.41, 5.74) is 9.34. The maximum absolute atomic E-state index is 13.5. The number of halogens is 1. The molecule has 2 aliphatic rings. The van der Waals surface area contributed by atoms with Crippen molar-refractivity contribution in [3.05, 3.63) is 88.9 Å². The number of nitrogens with zero attached hydrogens (tertiary/aromatic N) is 1. The van der Waals surface area contributed by atoms with Crippen molar-refractivity contribution in [3.8, 4) is 11.5 Å². The largest absolute Gasteiger partial charge is 0.508 e. The minimum atomic E-state index is -0.387. The fourth-order valence-corrected chi connectivity index (χ4v) is 4.79. The quantitative estimate of drug-likeness (QED) is 0.578. The maximum Gasteiger partial charge on any atom is 0.246 e. The van der Waals surface area contributed by atoms with Crippen LogP contribution in [0.5, 0.6) is 11.5 Å². The van der Waals surface area contributed by atoms with Gasteiger partial charge in [0.05, 0.1) is 19.2 Å². The molecule has 2 saturated heterocycles. The van der Waals surface area contributed by atoms with Crippen LogP contribution in [-0.2, 0) is 4.79 Å². The average Bonchev–Trinajstić information content (AvgIpc) is 3.34. The zero-order chi connectivity index (χ0) is 21.5. The molecule has 4 unspecified atom stereocenters. The Labute approximate surface area is 185 Å². The molecule has 31 heavy (non-hydrogen) atoms. The van der Waals surface area contributed by atoms with Crippen molar-refractivity contribution in [1.82, 2.24) is 10.9 Å². The molecule has 2 fully saturated rings. The zero-order valence-corrected chi connectivity index (χ0v) is 17.6. The molecule has 2 aliphatic heterocycles. The summed E-state index contributed by atoms with van der Waals surface area (Å²) in [5, 5.41) is 10.5. The van der Waals surface area contributed by atoms with E-state index in [2.05, 4.69) is 10.9 Å². The van der Waals surface area contributed by atoms with E-state index >= 15 is 0 Å². The van der Waals surface area contributed by atoms with Gasteiger partial charge >= 0.3 is 0 Å². The van der Waals surface area contributed by atoms with Gasteiger partial charge in [-0.15, -0.1) is 0 Å². The SMILES string of the molecule is COc1ccc(N2C(=O)C3NNC(c4ccc(Cl)cc4)C3C2c2ccc(O)cc2)cc1. The molecule has 5 rings (SSSR count). The highest BCUT2D eigenvalue weighted by Crippen LogP contribution is 2.49. The summed E-state index contributed by atoms with van der Waals surface area (Å²) in [6.07, 6.45) is 0. The fraction of sp³-hybridized carbons (Fsp3) is 0.208. The molecular weight excluding hydrogens is 414 g/mol. The van der Waals surface area contributed by atoms with Gasteiger partial charge in [-0.1, -0.05) is 35.9 Å². The second kappa shape index (κ2) is 7.89. The van der Waals surface area contributed by atoms with Crippen LogP contribution in [0.25, 0.3) is 0 Å². The molecule has 0 aliphatic carbocycles. The van der Waals surface area contributed by atoms with E-state index in [1.54, 1.807) is 19.2 Å². The molecule has 0 saturated carbocycles. The predicted molar refractivity (Wildman–Crippen MR) is 119 cm³/mol. The van der Waals surface area contributed by atoms with E-state index in [9.17, 15) is 9.90 Å². The van der Waals surface area contributed by atoms with E-state index in [4.69, 9.17) is 16.3 Å². The molecule has 0 spiro atoms. The minimum absolute atomic E-state index is 0.00259. The number of amides is 1. The van der Waals surface area contributed by atoms with Crippen LogP contribution in [0.15, 0.2) is 72.8 Å². The molecule has 0 radical (unpaired) electrons. The number of phenols is 1. The van der Waals surface area contributed by atoms with Crippen molar-refractivity contribution in [2.75, 3.05) is 12.0 Å². The molecule has 1 amide bonds. The number of carbonyl (C=O) groups is 1. The van der Waals surface area contributed by atoms with Crippen molar-refractivity contribution in [3.63, 3.8) is 0 Å². The standard InChI is InChI=1S/C24H22ClN3O3/c1-31-19-12-8-17(9-13-19)28-23(15-4-10-18(29)11-5-15)20-21(26-27-22(20)24(28)30)14-2-6-16(25)7-3-14/h2-13,20-23,26-27,29H,1H3. The number of aromatic hydroxyl groups is 1. The summed E-state index contributed by atoms with van der Waals surface area (Å²) in [5.74, 6) is 0.852. The van der Waals surface area contributed by atoms with Crippen LogP contribution in [-0.4, -0.2) is 24.2 Å². The van der Waals surface area contributed by atoms with Gasteiger partial charge in [0.1, 0.15) is 17.5 Å². The highest BCUT2D eigenvalue weighted by atomic mass is 35.5. The van der Waals surface area contributed by atoms with Crippen LogP contribution in [0.1, 0.15) is 23.2 Å². The summed E-state index contributed by atoms with van der Waals surface area (Å²) in [4.78, 5) is 15.4. The lowest BCUT2D eigenvalue weighted by Gasteiger charge is -2.31. The van der Waals surface area contributed by atoms with E-state index in [-0.39, 0.29) is 35.7 Å². The van der Waals surface area contributed by atoms with Gasteiger partial charge in [0, 0.05) is 16.6 Å². The topological polar surface area (TPSA) is 73.8 Å². The third-order valence-electron chi connectivity index (χ3n) is 6.12. The van der Waals surface area contributed by atoms with Crippen molar-refractivity contribution in [1.29, 1.82) is 0 Å². The van der Waals surface area contributed by atoms with Crippen molar-refractivity contribution >= 4 is 23.2 Å². The number of methoxy groups -OCH3 is 1. The highest BCUT2D eigenvalue weighted by Gasteiger charge is 2.55. The zero-order valence-electron chi connectivity index (χ0n) is 16.8. The van der Waals surface area contributed by atoms with Gasteiger partial charge in [0.25, 0.3) is 0 Å². The summed E-state index contributed by atoms with van der Waals surface area (Å²) < 4.78 is 5.28. The first-order valence-corrected chi connectivity index (χ1v) is 10.5. The van der Waals surface area contributed by atoms with Crippen LogP contribution in [0.4, 0.5) is 5.69 Å². The van der Waals surface area contributed by atoms with E-state index in [1.807, 2.05) is 65.6 Å². The molecule has 158 valence electrons. The van der Waals surface area contributed by atoms with E-state index in [0.29, 0.717) is 5.02 Å². The number of ether oxygens (including phenoxy) is 1. The van der Waals surface area contributed by atoms with E-state index < -0.39 is 0 Å². The average molecular weight is 436 g/mol. The van der Waals surface area contributed by atoms with Gasteiger partial charge in [-0.2, -0.15) is 0 Å². The van der Waals surface area contributed by atoms with Crippen molar-refractivity contribution in [2.24, 2.45) is 5.92 Å². The molecule has 4 atom stereocenters. The van der Waals surface area contributed by atoms with Crippen LogP contribution in [0, 0.1) is 5.92 Å². The Morgan fingerprint density at radius 1 is 0.871 bits per heavy atom. The highest BCUT2D eigenvalue weighted by molar-refractivity contribution is 6.30. The first-order valence-electron chi connectivity index (χ1n) is 10.1. The Balaban J connectivity index is 1.60. The molecule has 0 aromatic heterocycles. The van der Waals surface area contributed by atoms with E-state index in [0.717, 1.165) is 22.6 Å². The Hall–Kier alpha value is -3.06. The van der Waals surface area contributed by atoms with E-state index in [1.165, 1.54) is 0 Å². The van der Waals surface area contributed by atoms with Gasteiger partial charge in [-0.25, -0.2) is 10.9 Å². The lowest BCUT2D eigenvalue weighted by molar-refractivity contribution is -0.119. The third kappa shape index (κ3) is 3.43. The predicted octanol–water partition coefficient (Wildman–Crippen LogP) is 3.98. The molecule has 0 bridgehead atoms. The number of fused-ring (bicyclic) bond motifs is 1. The number of benzene rings is 3. The maximum atomic E-state index is 13.5. The first-order chi connectivity index (χ1) is 15.1. The lowest BCUT2D eigenvalue weighted by Crippen LogP contribution is -2.41. The lowest BCUT2D eigenvalue weighted by atomic mass is 9.83. The molecule has 3 aromatic carbocycles. The third-order valence-corrected chi connectivity index (χ3v) is 6.38. The van der Waals surface area contributed by atoms with Crippen LogP contribution in [0.2, 0.25) is 5.02 Å². The van der Waals surface area contributed by atoms with Gasteiger partial charge in [0.15, 0.2) is 0 Å². The second-order valence-electron chi connectivity index (χ2n) is 7.82. The smallest absolute Gasteiger partial charge is 0.246 e. The Morgan fingerprint density at radius 3 is 2.13 bits per heavy atom. The van der Waals surface area contributed by atoms with Gasteiger partial charge < -0.3 is 14.7 Å². The number of rotatable bonds is 4. The second-order valence-corrected chi connectivity index (χ2v) is 8.25. The minimum Gasteiger partial charge on any atom is -0.508 e. The van der Waals surface area contributed by atoms with Crippen molar-refractivity contribution < 1.29 is 14.6 Å². The monoisotopic (exact) mass is 435 g/mol. The Kier molecular flexibility index (Phi) is 5.06.